The van der Waals surface area contributed by atoms with Crippen molar-refractivity contribution in [2.45, 2.75) is 18.5 Å². The maximum absolute atomic E-state index is 13.8. The van der Waals surface area contributed by atoms with Gasteiger partial charge in [-0.15, -0.1) is 6.42 Å². The number of hydrogen-bond donors (Lipinski definition) is 1. The van der Waals surface area contributed by atoms with Crippen molar-refractivity contribution in [1.82, 2.24) is 5.32 Å². The molecule has 0 aliphatic carbocycles. The molecule has 0 bridgehead atoms. The average molecular weight is 415 g/mol. The number of nitrogens with zero attached hydrogens (tertiary/aromatic N) is 2. The number of carbonyl (C=O) groups excluding carboxylic acids is 3. The number of terminal acetylenes is 1. The van der Waals surface area contributed by atoms with Crippen LogP contribution in [0.4, 0.5) is 11.4 Å². The second-order valence-corrected chi connectivity index (χ2v) is 8.04. The summed E-state index contributed by atoms with van der Waals surface area (Å²) in [5, 5.41) is 3.33. The van der Waals surface area contributed by atoms with Crippen molar-refractivity contribution >= 4 is 29.1 Å². The molecule has 7 nitrogen and oxygen atoms in total. The van der Waals surface area contributed by atoms with Crippen LogP contribution in [0.3, 0.4) is 0 Å². The molecule has 1 spiro atoms. The van der Waals surface area contributed by atoms with Gasteiger partial charge in [0.2, 0.25) is 11.8 Å². The standard InChI is InChI=1S/C24H21N3O4/c1-4-13-26-16-10-6-5-9-15(16)24(23(26)30)20-19(14(2)25-24)21(28)27(22(20)29)17-11-7-8-12-18(17)31-3/h1,5-12,14,19-20,25H,13H2,2-3H3/t14-,19-,20-,24-/m0/s1. The molecule has 4 atom stereocenters. The topological polar surface area (TPSA) is 79.0 Å². The van der Waals surface area contributed by atoms with Crippen LogP contribution in [0.25, 0.3) is 0 Å². The molecule has 0 unspecified atom stereocenters. The minimum absolute atomic E-state index is 0.0867. The molecule has 7 heteroatoms. The zero-order chi connectivity index (χ0) is 21.9. The van der Waals surface area contributed by atoms with Gasteiger partial charge in [0.1, 0.15) is 11.3 Å². The summed E-state index contributed by atoms with van der Waals surface area (Å²) in [7, 11) is 1.49. The Morgan fingerprint density at radius 3 is 2.45 bits per heavy atom. The van der Waals surface area contributed by atoms with E-state index < -0.39 is 23.3 Å². The van der Waals surface area contributed by atoms with Crippen LogP contribution in [0.15, 0.2) is 48.5 Å². The van der Waals surface area contributed by atoms with Crippen LogP contribution in [0.5, 0.6) is 5.75 Å². The van der Waals surface area contributed by atoms with Crippen LogP contribution in [0.2, 0.25) is 0 Å². The van der Waals surface area contributed by atoms with Gasteiger partial charge in [-0.2, -0.15) is 0 Å². The highest BCUT2D eigenvalue weighted by atomic mass is 16.5. The van der Waals surface area contributed by atoms with Crippen molar-refractivity contribution in [2.24, 2.45) is 11.8 Å². The lowest BCUT2D eigenvalue weighted by molar-refractivity contribution is -0.132. The molecule has 3 aliphatic rings. The Bertz CT molecular complexity index is 1170. The summed E-state index contributed by atoms with van der Waals surface area (Å²) in [6.45, 7) is 1.92. The average Bonchev–Trinajstić information content (AvgIpc) is 3.32. The zero-order valence-corrected chi connectivity index (χ0v) is 17.2. The van der Waals surface area contributed by atoms with Gasteiger partial charge in [-0.25, -0.2) is 4.90 Å². The Kier molecular flexibility index (Phi) is 4.17. The third kappa shape index (κ3) is 2.31. The van der Waals surface area contributed by atoms with Gasteiger partial charge in [-0.3, -0.25) is 24.6 Å². The fourth-order valence-corrected chi connectivity index (χ4v) is 5.41. The van der Waals surface area contributed by atoms with Crippen molar-refractivity contribution in [3.05, 3.63) is 54.1 Å². The van der Waals surface area contributed by atoms with Gasteiger partial charge >= 0.3 is 0 Å². The first-order valence-electron chi connectivity index (χ1n) is 10.1. The summed E-state index contributed by atoms with van der Waals surface area (Å²) >= 11 is 0. The quantitative estimate of drug-likeness (QED) is 0.610. The molecule has 2 aromatic rings. The minimum atomic E-state index is -1.33. The maximum atomic E-state index is 13.8. The minimum Gasteiger partial charge on any atom is -0.495 e. The number of fused-ring (bicyclic) bond motifs is 4. The SMILES string of the molecule is C#CCN1C(=O)[C@]2(N[C@@H](C)[C@@H]3C(=O)N(c4ccccc4OC)C(=O)[C@H]32)c2ccccc21. The number of carbonyl (C=O) groups is 3. The molecule has 156 valence electrons. The summed E-state index contributed by atoms with van der Waals surface area (Å²) in [6, 6.07) is 13.8. The van der Waals surface area contributed by atoms with Gasteiger partial charge in [0.15, 0.2) is 0 Å². The van der Waals surface area contributed by atoms with Crippen LogP contribution in [-0.2, 0) is 19.9 Å². The Morgan fingerprint density at radius 2 is 1.74 bits per heavy atom. The molecule has 0 radical (unpaired) electrons. The van der Waals surface area contributed by atoms with E-state index in [4.69, 9.17) is 11.2 Å². The van der Waals surface area contributed by atoms with E-state index in [0.717, 1.165) is 0 Å². The Morgan fingerprint density at radius 1 is 1.06 bits per heavy atom. The number of ether oxygens (including phenoxy) is 1. The Balaban J connectivity index is 1.68. The van der Waals surface area contributed by atoms with E-state index in [0.29, 0.717) is 22.7 Å². The number of anilines is 2. The largest absolute Gasteiger partial charge is 0.495 e. The molecule has 1 N–H and O–H groups in total. The molecule has 2 saturated heterocycles. The molecule has 2 aromatic carbocycles. The molecular weight excluding hydrogens is 394 g/mol. The van der Waals surface area contributed by atoms with Crippen molar-refractivity contribution in [2.75, 3.05) is 23.5 Å². The molecule has 31 heavy (non-hydrogen) atoms. The highest BCUT2D eigenvalue weighted by Gasteiger charge is 2.71. The van der Waals surface area contributed by atoms with Crippen LogP contribution < -0.4 is 19.9 Å². The Hall–Kier alpha value is -3.63. The first-order valence-corrected chi connectivity index (χ1v) is 10.1. The molecule has 3 amide bonds. The smallest absolute Gasteiger partial charge is 0.253 e. The molecule has 2 fully saturated rings. The van der Waals surface area contributed by atoms with Crippen LogP contribution in [0, 0.1) is 24.2 Å². The van der Waals surface area contributed by atoms with Gasteiger partial charge in [0.25, 0.3) is 5.91 Å². The number of para-hydroxylation sites is 3. The maximum Gasteiger partial charge on any atom is 0.253 e. The molecule has 0 saturated carbocycles. The fraction of sp³-hybridized carbons (Fsp3) is 0.292. The number of nitrogens with one attached hydrogen (secondary N) is 1. The van der Waals surface area contributed by atoms with Crippen molar-refractivity contribution in [1.29, 1.82) is 0 Å². The van der Waals surface area contributed by atoms with Crippen LogP contribution in [-0.4, -0.2) is 37.4 Å². The van der Waals surface area contributed by atoms with Crippen molar-refractivity contribution < 1.29 is 19.1 Å². The summed E-state index contributed by atoms with van der Waals surface area (Å²) in [6.07, 6.45) is 5.52. The number of rotatable bonds is 3. The third-order valence-corrected chi connectivity index (χ3v) is 6.59. The molecule has 3 aliphatic heterocycles. The van der Waals surface area contributed by atoms with E-state index in [1.165, 1.54) is 16.9 Å². The summed E-state index contributed by atoms with van der Waals surface area (Å²) in [5.74, 6) is 0.342. The van der Waals surface area contributed by atoms with Crippen LogP contribution >= 0.6 is 0 Å². The summed E-state index contributed by atoms with van der Waals surface area (Å²) < 4.78 is 5.39. The van der Waals surface area contributed by atoms with E-state index in [9.17, 15) is 14.4 Å². The van der Waals surface area contributed by atoms with Gasteiger partial charge < -0.3 is 4.74 Å². The second kappa shape index (κ2) is 6.69. The monoisotopic (exact) mass is 415 g/mol. The van der Waals surface area contributed by atoms with Gasteiger partial charge in [0, 0.05) is 11.6 Å². The van der Waals surface area contributed by atoms with Gasteiger partial charge in [-0.1, -0.05) is 36.3 Å². The van der Waals surface area contributed by atoms with E-state index >= 15 is 0 Å². The predicted octanol–water partition coefficient (Wildman–Crippen LogP) is 1.67. The number of imide groups is 1. The number of hydrogen-bond acceptors (Lipinski definition) is 5. The highest BCUT2D eigenvalue weighted by molar-refractivity contribution is 6.26. The second-order valence-electron chi connectivity index (χ2n) is 8.04. The van der Waals surface area contributed by atoms with Crippen molar-refractivity contribution in [3.8, 4) is 18.1 Å². The number of methoxy groups -OCH3 is 1. The lowest BCUT2D eigenvalue weighted by atomic mass is 9.76. The normalized spacial score (nSPS) is 28.8. The fourth-order valence-electron chi connectivity index (χ4n) is 5.41. The number of benzene rings is 2. The first-order chi connectivity index (χ1) is 15.0. The predicted molar refractivity (Wildman–Crippen MR) is 114 cm³/mol. The molecule has 5 rings (SSSR count). The summed E-state index contributed by atoms with van der Waals surface area (Å²) in [5.41, 5.74) is 0.400. The molecule has 3 heterocycles. The van der Waals surface area contributed by atoms with Gasteiger partial charge in [-0.05, 0) is 25.1 Å². The van der Waals surface area contributed by atoms with E-state index in [-0.39, 0.29) is 24.4 Å². The van der Waals surface area contributed by atoms with Crippen molar-refractivity contribution in [3.63, 3.8) is 0 Å². The zero-order valence-electron chi connectivity index (χ0n) is 17.2. The first kappa shape index (κ1) is 19.3. The summed E-state index contributed by atoms with van der Waals surface area (Å²) in [4.78, 5) is 43.7. The lowest BCUT2D eigenvalue weighted by Crippen LogP contribution is -2.55. The van der Waals surface area contributed by atoms with E-state index in [1.54, 1.807) is 24.3 Å². The third-order valence-electron chi connectivity index (χ3n) is 6.59. The van der Waals surface area contributed by atoms with Gasteiger partial charge in [0.05, 0.1) is 36.9 Å². The lowest BCUT2D eigenvalue weighted by Gasteiger charge is -2.30. The van der Waals surface area contributed by atoms with E-state index in [1.807, 2.05) is 31.2 Å². The molecule has 0 aromatic heterocycles. The number of amides is 3. The molecular formula is C24H21N3O4. The van der Waals surface area contributed by atoms with Crippen LogP contribution in [0.1, 0.15) is 12.5 Å². The highest BCUT2D eigenvalue weighted by Crippen LogP contribution is 2.55. The Labute approximate surface area is 180 Å². The van der Waals surface area contributed by atoms with E-state index in [2.05, 4.69) is 11.2 Å².